The Morgan fingerprint density at radius 2 is 1.47 bits per heavy atom. The summed E-state index contributed by atoms with van der Waals surface area (Å²) in [7, 11) is 0. The summed E-state index contributed by atoms with van der Waals surface area (Å²) in [5.41, 5.74) is 0.490. The lowest BCUT2D eigenvalue weighted by atomic mass is 9.75. The van der Waals surface area contributed by atoms with Gasteiger partial charge in [-0.05, 0) is 68.1 Å². The number of hydrogen-bond acceptors (Lipinski definition) is 2. The van der Waals surface area contributed by atoms with Crippen molar-refractivity contribution >= 4 is 0 Å². The first-order valence-electron chi connectivity index (χ1n) is 10.2. The predicted octanol–water partition coefficient (Wildman–Crippen LogP) is 6.69. The third-order valence-electron chi connectivity index (χ3n) is 5.86. The van der Waals surface area contributed by atoms with Crippen LogP contribution in [0.25, 0.3) is 0 Å². The standard InChI is InChI=1S/C24H26F4O2/c1-3-4-13-30-20-12-11-19(23(27)24(20)28)16-7-5-15(6-8-16)18-10-9-17(14(2)29)21(25)22(18)26/h3,9-12,14-16,29H,1,4-8,13H2,2H3. The zero-order chi connectivity index (χ0) is 21.8. The van der Waals surface area contributed by atoms with Crippen LogP contribution in [0, 0.1) is 23.3 Å². The summed E-state index contributed by atoms with van der Waals surface area (Å²) in [4.78, 5) is 0. The van der Waals surface area contributed by atoms with Crippen LogP contribution in [-0.2, 0) is 0 Å². The highest BCUT2D eigenvalue weighted by atomic mass is 19.2. The first kappa shape index (κ1) is 22.3. The molecule has 1 unspecified atom stereocenters. The van der Waals surface area contributed by atoms with E-state index in [1.54, 1.807) is 12.1 Å². The second-order valence-corrected chi connectivity index (χ2v) is 7.80. The van der Waals surface area contributed by atoms with Crippen LogP contribution in [0.1, 0.15) is 73.7 Å². The molecule has 162 valence electrons. The molecule has 0 spiro atoms. The first-order chi connectivity index (χ1) is 14.3. The smallest absolute Gasteiger partial charge is 0.200 e. The topological polar surface area (TPSA) is 29.5 Å². The van der Waals surface area contributed by atoms with Gasteiger partial charge in [0.1, 0.15) is 0 Å². The lowest BCUT2D eigenvalue weighted by Crippen LogP contribution is -2.16. The second kappa shape index (κ2) is 9.65. The van der Waals surface area contributed by atoms with Crippen LogP contribution in [0.4, 0.5) is 17.6 Å². The van der Waals surface area contributed by atoms with Gasteiger partial charge < -0.3 is 9.84 Å². The minimum absolute atomic E-state index is 0.0714. The zero-order valence-electron chi connectivity index (χ0n) is 16.9. The Balaban J connectivity index is 1.71. The number of ether oxygens (including phenoxy) is 1. The Hall–Kier alpha value is -2.34. The van der Waals surface area contributed by atoms with Gasteiger partial charge in [-0.3, -0.25) is 0 Å². The fourth-order valence-electron chi connectivity index (χ4n) is 4.16. The van der Waals surface area contributed by atoms with E-state index in [0.717, 1.165) is 0 Å². The van der Waals surface area contributed by atoms with Crippen molar-refractivity contribution in [2.75, 3.05) is 6.61 Å². The molecule has 2 aromatic rings. The van der Waals surface area contributed by atoms with E-state index >= 15 is 0 Å². The molecule has 1 aliphatic carbocycles. The lowest BCUT2D eigenvalue weighted by molar-refractivity contribution is 0.192. The summed E-state index contributed by atoms with van der Waals surface area (Å²) in [6, 6.07) is 5.91. The number of benzene rings is 2. The third-order valence-corrected chi connectivity index (χ3v) is 5.86. The highest BCUT2D eigenvalue weighted by Gasteiger charge is 2.30. The van der Waals surface area contributed by atoms with Gasteiger partial charge in [-0.2, -0.15) is 4.39 Å². The molecule has 0 saturated heterocycles. The predicted molar refractivity (Wildman–Crippen MR) is 108 cm³/mol. The van der Waals surface area contributed by atoms with Crippen molar-refractivity contribution in [3.05, 3.63) is 76.9 Å². The van der Waals surface area contributed by atoms with Gasteiger partial charge >= 0.3 is 0 Å². The maximum Gasteiger partial charge on any atom is 0.200 e. The summed E-state index contributed by atoms with van der Waals surface area (Å²) >= 11 is 0. The second-order valence-electron chi connectivity index (χ2n) is 7.80. The summed E-state index contributed by atoms with van der Waals surface area (Å²) < 4.78 is 62.9. The van der Waals surface area contributed by atoms with Crippen molar-refractivity contribution in [2.45, 2.75) is 57.0 Å². The van der Waals surface area contributed by atoms with Crippen molar-refractivity contribution in [1.82, 2.24) is 0 Å². The van der Waals surface area contributed by atoms with Crippen LogP contribution < -0.4 is 4.74 Å². The molecule has 1 fully saturated rings. The fourth-order valence-corrected chi connectivity index (χ4v) is 4.16. The SMILES string of the molecule is C=CCCOc1ccc(C2CCC(c3ccc(C(C)O)c(F)c3F)CC2)c(F)c1F. The Bertz CT molecular complexity index is 903. The minimum Gasteiger partial charge on any atom is -0.490 e. The van der Waals surface area contributed by atoms with E-state index in [2.05, 4.69) is 6.58 Å². The van der Waals surface area contributed by atoms with E-state index in [-0.39, 0.29) is 40.9 Å². The largest absolute Gasteiger partial charge is 0.490 e. The maximum absolute atomic E-state index is 14.6. The van der Waals surface area contributed by atoms with Crippen molar-refractivity contribution in [3.8, 4) is 5.75 Å². The Labute approximate surface area is 174 Å². The monoisotopic (exact) mass is 422 g/mol. The van der Waals surface area contributed by atoms with Gasteiger partial charge in [0.15, 0.2) is 23.2 Å². The third kappa shape index (κ3) is 4.53. The Kier molecular flexibility index (Phi) is 7.19. The number of aliphatic hydroxyl groups excluding tert-OH is 1. The number of halogens is 4. The van der Waals surface area contributed by atoms with Crippen molar-refractivity contribution in [1.29, 1.82) is 0 Å². The van der Waals surface area contributed by atoms with E-state index in [4.69, 9.17) is 4.74 Å². The molecule has 3 rings (SSSR count). The van der Waals surface area contributed by atoms with Gasteiger partial charge in [-0.15, -0.1) is 6.58 Å². The van der Waals surface area contributed by atoms with Gasteiger partial charge in [-0.1, -0.05) is 24.3 Å². The van der Waals surface area contributed by atoms with Crippen LogP contribution in [0.3, 0.4) is 0 Å². The van der Waals surface area contributed by atoms with E-state index in [9.17, 15) is 22.7 Å². The Morgan fingerprint density at radius 1 is 0.933 bits per heavy atom. The van der Waals surface area contributed by atoms with Crippen LogP contribution in [0.5, 0.6) is 5.75 Å². The average molecular weight is 422 g/mol. The van der Waals surface area contributed by atoms with Gasteiger partial charge in [0.05, 0.1) is 12.7 Å². The average Bonchev–Trinajstić information content (AvgIpc) is 2.73. The van der Waals surface area contributed by atoms with E-state index in [1.165, 1.54) is 25.1 Å². The molecule has 2 aromatic carbocycles. The van der Waals surface area contributed by atoms with Crippen LogP contribution in [-0.4, -0.2) is 11.7 Å². The summed E-state index contributed by atoms with van der Waals surface area (Å²) in [5, 5.41) is 9.53. The number of rotatable bonds is 7. The zero-order valence-corrected chi connectivity index (χ0v) is 16.9. The lowest BCUT2D eigenvalue weighted by Gasteiger charge is -2.30. The molecule has 0 aliphatic heterocycles. The van der Waals surface area contributed by atoms with Gasteiger partial charge in [0.25, 0.3) is 0 Å². The maximum atomic E-state index is 14.6. The van der Waals surface area contributed by atoms with Crippen molar-refractivity contribution in [3.63, 3.8) is 0 Å². The molecule has 2 nitrogen and oxygen atoms in total. The molecule has 0 heterocycles. The highest BCUT2D eigenvalue weighted by molar-refractivity contribution is 5.34. The molecule has 1 saturated carbocycles. The summed E-state index contributed by atoms with van der Waals surface area (Å²) in [6.45, 7) is 5.16. The molecule has 1 N–H and O–H groups in total. The van der Waals surface area contributed by atoms with Crippen LogP contribution >= 0.6 is 0 Å². The first-order valence-corrected chi connectivity index (χ1v) is 10.2. The summed E-state index contributed by atoms with van der Waals surface area (Å²) in [6.07, 6.45) is 3.22. The number of hydrogen-bond donors (Lipinski definition) is 1. The van der Waals surface area contributed by atoms with E-state index in [0.29, 0.717) is 32.1 Å². The molecule has 1 aliphatic rings. The van der Waals surface area contributed by atoms with Crippen LogP contribution in [0.15, 0.2) is 36.9 Å². The van der Waals surface area contributed by atoms with Crippen molar-refractivity contribution in [2.24, 2.45) is 0 Å². The molecule has 6 heteroatoms. The molecular formula is C24H26F4O2. The highest BCUT2D eigenvalue weighted by Crippen LogP contribution is 2.43. The number of aliphatic hydroxyl groups is 1. The quantitative estimate of drug-likeness (QED) is 0.306. The van der Waals surface area contributed by atoms with Gasteiger partial charge in [-0.25, -0.2) is 13.2 Å². The van der Waals surface area contributed by atoms with E-state index < -0.39 is 29.4 Å². The fraction of sp³-hybridized carbons (Fsp3) is 0.417. The van der Waals surface area contributed by atoms with Gasteiger partial charge in [0, 0.05) is 5.56 Å². The van der Waals surface area contributed by atoms with E-state index in [1.807, 2.05) is 0 Å². The van der Waals surface area contributed by atoms with Crippen molar-refractivity contribution < 1.29 is 27.4 Å². The van der Waals surface area contributed by atoms with Gasteiger partial charge in [0.2, 0.25) is 5.82 Å². The molecule has 0 radical (unpaired) electrons. The molecule has 0 aromatic heterocycles. The van der Waals surface area contributed by atoms with Crippen LogP contribution in [0.2, 0.25) is 0 Å². The normalized spacial score (nSPS) is 20.1. The summed E-state index contributed by atoms with van der Waals surface area (Å²) in [5.74, 6) is -4.38. The molecule has 0 bridgehead atoms. The Morgan fingerprint density at radius 3 is 2.00 bits per heavy atom. The molecule has 0 amide bonds. The molecular weight excluding hydrogens is 396 g/mol. The molecule has 30 heavy (non-hydrogen) atoms. The minimum atomic E-state index is -1.09. The molecule has 1 atom stereocenters.